The lowest BCUT2D eigenvalue weighted by molar-refractivity contribution is 0.0600. The Labute approximate surface area is 174 Å². The molecule has 0 atom stereocenters. The molecule has 0 saturated heterocycles. The first kappa shape index (κ1) is 21.1. The molecule has 1 aliphatic rings. The molecule has 7 nitrogen and oxygen atoms in total. The third kappa shape index (κ3) is 4.23. The maximum absolute atomic E-state index is 12.9. The molecule has 1 amide bonds. The maximum Gasteiger partial charge on any atom is 0.341 e. The van der Waals surface area contributed by atoms with Gasteiger partial charge in [-0.15, -0.1) is 11.3 Å². The highest BCUT2D eigenvalue weighted by Gasteiger charge is 2.30. The van der Waals surface area contributed by atoms with E-state index in [1.165, 1.54) is 32.7 Å². The zero-order chi connectivity index (χ0) is 21.1. The van der Waals surface area contributed by atoms with Gasteiger partial charge < -0.3 is 19.5 Å². The summed E-state index contributed by atoms with van der Waals surface area (Å²) in [6.45, 7) is 5.93. The second-order valence-corrected chi connectivity index (χ2v) is 8.14. The highest BCUT2D eigenvalue weighted by atomic mass is 32.1. The number of nitrogens with one attached hydrogen (secondary N) is 1. The van der Waals surface area contributed by atoms with Crippen LogP contribution in [0.1, 0.15) is 45.0 Å². The fourth-order valence-electron chi connectivity index (χ4n) is 3.42. The van der Waals surface area contributed by atoms with Crippen molar-refractivity contribution >= 4 is 28.2 Å². The molecule has 0 unspecified atom stereocenters. The standard InChI is InChI=1S/C21H26N2O5S/c1-12(2)23-9-8-14-17(11-23)29-20(18(14)21(25)28-5)22-19(24)13-6-7-15(26-3)16(10-13)27-4/h6-7,10,12H,8-9,11H2,1-5H3,(H,22,24). The number of rotatable bonds is 6. The van der Waals surface area contributed by atoms with E-state index >= 15 is 0 Å². The number of amides is 1. The molecule has 3 rings (SSSR count). The number of esters is 1. The Morgan fingerprint density at radius 1 is 1.14 bits per heavy atom. The van der Waals surface area contributed by atoms with Gasteiger partial charge in [-0.1, -0.05) is 0 Å². The van der Waals surface area contributed by atoms with Crippen LogP contribution in [-0.4, -0.2) is 50.7 Å². The molecule has 0 spiro atoms. The lowest BCUT2D eigenvalue weighted by Gasteiger charge is -2.30. The molecule has 0 bridgehead atoms. The fraction of sp³-hybridized carbons (Fsp3) is 0.429. The highest BCUT2D eigenvalue weighted by Crippen LogP contribution is 2.38. The first-order valence-corrected chi connectivity index (χ1v) is 10.2. The van der Waals surface area contributed by atoms with Crippen LogP contribution in [0.2, 0.25) is 0 Å². The molecule has 29 heavy (non-hydrogen) atoms. The van der Waals surface area contributed by atoms with E-state index in [0.717, 1.165) is 30.0 Å². The Hall–Kier alpha value is -2.58. The van der Waals surface area contributed by atoms with E-state index in [-0.39, 0.29) is 5.91 Å². The topological polar surface area (TPSA) is 77.1 Å². The lowest BCUT2D eigenvalue weighted by atomic mass is 10.0. The number of hydrogen-bond acceptors (Lipinski definition) is 7. The van der Waals surface area contributed by atoms with Gasteiger partial charge in [0.25, 0.3) is 5.91 Å². The predicted molar refractivity (Wildman–Crippen MR) is 112 cm³/mol. The van der Waals surface area contributed by atoms with Crippen molar-refractivity contribution in [3.8, 4) is 11.5 Å². The van der Waals surface area contributed by atoms with Crippen LogP contribution < -0.4 is 14.8 Å². The molecule has 0 aliphatic carbocycles. The van der Waals surface area contributed by atoms with Crippen molar-refractivity contribution in [3.05, 3.63) is 39.8 Å². The summed E-state index contributed by atoms with van der Waals surface area (Å²) in [5.41, 5.74) is 1.85. The van der Waals surface area contributed by atoms with Gasteiger partial charge in [-0.25, -0.2) is 4.79 Å². The number of benzene rings is 1. The molecule has 1 aromatic heterocycles. The van der Waals surface area contributed by atoms with Crippen molar-refractivity contribution in [2.45, 2.75) is 32.9 Å². The minimum absolute atomic E-state index is 0.324. The van der Waals surface area contributed by atoms with Crippen LogP contribution in [0.4, 0.5) is 5.00 Å². The van der Waals surface area contributed by atoms with E-state index in [1.54, 1.807) is 18.2 Å². The van der Waals surface area contributed by atoms with E-state index in [0.29, 0.717) is 33.7 Å². The van der Waals surface area contributed by atoms with E-state index in [4.69, 9.17) is 14.2 Å². The molecule has 1 aromatic carbocycles. The highest BCUT2D eigenvalue weighted by molar-refractivity contribution is 7.17. The molecule has 0 radical (unpaired) electrons. The van der Waals surface area contributed by atoms with E-state index in [2.05, 4.69) is 24.1 Å². The minimum atomic E-state index is -0.428. The molecule has 0 saturated carbocycles. The largest absolute Gasteiger partial charge is 0.493 e. The zero-order valence-corrected chi connectivity index (χ0v) is 18.1. The van der Waals surface area contributed by atoms with Crippen LogP contribution in [0.5, 0.6) is 11.5 Å². The molecular formula is C21H26N2O5S. The van der Waals surface area contributed by atoms with Crippen LogP contribution in [0.3, 0.4) is 0 Å². The van der Waals surface area contributed by atoms with Crippen LogP contribution in [0.15, 0.2) is 18.2 Å². The average Bonchev–Trinajstić information content (AvgIpc) is 3.09. The van der Waals surface area contributed by atoms with Crippen LogP contribution >= 0.6 is 11.3 Å². The maximum atomic E-state index is 12.9. The number of ether oxygens (including phenoxy) is 3. The van der Waals surface area contributed by atoms with E-state index in [1.807, 2.05) is 0 Å². The number of fused-ring (bicyclic) bond motifs is 1. The third-order valence-electron chi connectivity index (χ3n) is 5.08. The van der Waals surface area contributed by atoms with Gasteiger partial charge >= 0.3 is 5.97 Å². The normalized spacial score (nSPS) is 13.7. The van der Waals surface area contributed by atoms with Gasteiger partial charge in [0.05, 0.1) is 26.9 Å². The number of hydrogen-bond donors (Lipinski definition) is 1. The summed E-state index contributed by atoms with van der Waals surface area (Å²) in [6.07, 6.45) is 0.751. The molecule has 1 N–H and O–H groups in total. The van der Waals surface area contributed by atoms with Crippen molar-refractivity contribution in [2.24, 2.45) is 0 Å². The fourth-order valence-corrected chi connectivity index (χ4v) is 4.68. The first-order chi connectivity index (χ1) is 13.9. The van der Waals surface area contributed by atoms with Gasteiger partial charge in [0.15, 0.2) is 11.5 Å². The number of carbonyl (C=O) groups excluding carboxylic acids is 2. The predicted octanol–water partition coefficient (Wildman–Crippen LogP) is 3.57. The first-order valence-electron chi connectivity index (χ1n) is 9.39. The van der Waals surface area contributed by atoms with Gasteiger partial charge in [-0.05, 0) is 44.0 Å². The summed E-state index contributed by atoms with van der Waals surface area (Å²) < 4.78 is 15.5. The van der Waals surface area contributed by atoms with Crippen LogP contribution in [-0.2, 0) is 17.7 Å². The Morgan fingerprint density at radius 3 is 2.48 bits per heavy atom. The molecular weight excluding hydrogens is 392 g/mol. The van der Waals surface area contributed by atoms with Gasteiger partial charge in [0.2, 0.25) is 0 Å². The summed E-state index contributed by atoms with van der Waals surface area (Å²) in [5, 5.41) is 3.42. The monoisotopic (exact) mass is 418 g/mol. The summed E-state index contributed by atoms with van der Waals surface area (Å²) in [5.74, 6) is 0.254. The SMILES string of the molecule is COC(=O)c1c(NC(=O)c2ccc(OC)c(OC)c2)sc2c1CCN(C(C)C)C2. The zero-order valence-electron chi connectivity index (χ0n) is 17.3. The lowest BCUT2D eigenvalue weighted by Crippen LogP contribution is -2.35. The second-order valence-electron chi connectivity index (χ2n) is 7.04. The minimum Gasteiger partial charge on any atom is -0.493 e. The Bertz CT molecular complexity index is 922. The molecule has 2 heterocycles. The molecule has 156 valence electrons. The van der Waals surface area contributed by atoms with Crippen LogP contribution in [0, 0.1) is 0 Å². The van der Waals surface area contributed by atoms with Crippen molar-refractivity contribution in [2.75, 3.05) is 33.2 Å². The summed E-state index contributed by atoms with van der Waals surface area (Å²) >= 11 is 1.44. The molecule has 2 aromatic rings. The van der Waals surface area contributed by atoms with Crippen molar-refractivity contribution in [1.82, 2.24) is 4.90 Å². The second kappa shape index (κ2) is 8.84. The third-order valence-corrected chi connectivity index (χ3v) is 6.21. The number of anilines is 1. The van der Waals surface area contributed by atoms with Crippen molar-refractivity contribution in [1.29, 1.82) is 0 Å². The van der Waals surface area contributed by atoms with Gasteiger partial charge in [-0.2, -0.15) is 0 Å². The van der Waals surface area contributed by atoms with E-state index in [9.17, 15) is 9.59 Å². The van der Waals surface area contributed by atoms with Crippen molar-refractivity contribution in [3.63, 3.8) is 0 Å². The molecule has 0 fully saturated rings. The number of thiophene rings is 1. The van der Waals surface area contributed by atoms with Gasteiger partial charge in [-0.3, -0.25) is 9.69 Å². The van der Waals surface area contributed by atoms with Crippen molar-refractivity contribution < 1.29 is 23.8 Å². The van der Waals surface area contributed by atoms with Crippen LogP contribution in [0.25, 0.3) is 0 Å². The Balaban J connectivity index is 1.92. The molecule has 1 aliphatic heterocycles. The number of nitrogens with zero attached hydrogens (tertiary/aromatic N) is 1. The average molecular weight is 419 g/mol. The number of methoxy groups -OCH3 is 3. The Kier molecular flexibility index (Phi) is 6.44. The number of carbonyl (C=O) groups is 2. The van der Waals surface area contributed by atoms with E-state index < -0.39 is 5.97 Å². The Morgan fingerprint density at radius 2 is 1.86 bits per heavy atom. The summed E-state index contributed by atoms with van der Waals surface area (Å²) in [6, 6.07) is 5.36. The van der Waals surface area contributed by atoms with Gasteiger partial charge in [0, 0.05) is 29.6 Å². The van der Waals surface area contributed by atoms with Gasteiger partial charge in [0.1, 0.15) is 5.00 Å². The quantitative estimate of drug-likeness (QED) is 0.723. The summed E-state index contributed by atoms with van der Waals surface area (Å²) in [4.78, 5) is 28.8. The summed E-state index contributed by atoms with van der Waals surface area (Å²) in [7, 11) is 4.41. The molecule has 8 heteroatoms. The smallest absolute Gasteiger partial charge is 0.341 e.